The molecule has 0 aliphatic carbocycles. The van der Waals surface area contributed by atoms with Crippen LogP contribution in [0.2, 0.25) is 0 Å². The number of aliphatic hydroxyl groups excluding tert-OH is 1. The van der Waals surface area contributed by atoms with Crippen LogP contribution in [0.25, 0.3) is 0 Å². The maximum absolute atomic E-state index is 12.7. The number of hydrogen-bond donors (Lipinski definition) is 1. The van der Waals surface area contributed by atoms with Crippen molar-refractivity contribution in [3.05, 3.63) is 71.0 Å². The third-order valence-corrected chi connectivity index (χ3v) is 4.61. The van der Waals surface area contributed by atoms with Crippen LogP contribution in [0, 0.1) is 0 Å². The highest BCUT2D eigenvalue weighted by molar-refractivity contribution is 6.19. The van der Waals surface area contributed by atoms with Gasteiger partial charge in [0.2, 0.25) is 0 Å². The van der Waals surface area contributed by atoms with E-state index in [1.54, 1.807) is 18.2 Å². The van der Waals surface area contributed by atoms with Gasteiger partial charge in [-0.2, -0.15) is 0 Å². The predicted molar refractivity (Wildman–Crippen MR) is 103 cm³/mol. The molecule has 1 atom stereocenters. The molecule has 0 radical (unpaired) electrons. The Bertz CT molecular complexity index is 878. The van der Waals surface area contributed by atoms with Crippen molar-refractivity contribution in [3.63, 3.8) is 0 Å². The first kappa shape index (κ1) is 19.5. The van der Waals surface area contributed by atoms with Crippen molar-refractivity contribution in [2.75, 3.05) is 14.2 Å². The molecule has 0 amide bonds. The van der Waals surface area contributed by atoms with Crippen molar-refractivity contribution in [3.8, 4) is 11.5 Å². The van der Waals surface area contributed by atoms with E-state index in [4.69, 9.17) is 14.2 Å². The molecule has 1 heterocycles. The number of aryl methyl sites for hydroxylation is 1. The van der Waals surface area contributed by atoms with Crippen molar-refractivity contribution in [2.45, 2.75) is 25.4 Å². The zero-order valence-corrected chi connectivity index (χ0v) is 15.8. The average molecular weight is 382 g/mol. The molecule has 0 bridgehead atoms. The molecule has 2 aromatic rings. The summed E-state index contributed by atoms with van der Waals surface area (Å²) in [6.07, 6.45) is 0.155. The van der Waals surface area contributed by atoms with Crippen molar-refractivity contribution in [1.82, 2.24) is 0 Å². The van der Waals surface area contributed by atoms with E-state index in [0.29, 0.717) is 29.9 Å². The first-order valence-corrected chi connectivity index (χ1v) is 8.95. The van der Waals surface area contributed by atoms with E-state index in [0.717, 1.165) is 5.56 Å². The van der Waals surface area contributed by atoms with Gasteiger partial charge in [0.05, 0.1) is 14.2 Å². The Morgan fingerprint density at radius 2 is 1.68 bits per heavy atom. The van der Waals surface area contributed by atoms with Crippen molar-refractivity contribution in [2.24, 2.45) is 0 Å². The Morgan fingerprint density at radius 1 is 1.04 bits per heavy atom. The van der Waals surface area contributed by atoms with E-state index in [9.17, 15) is 14.7 Å². The monoisotopic (exact) mass is 382 g/mol. The average Bonchev–Trinajstić information content (AvgIpc) is 3.00. The number of rotatable bonds is 8. The summed E-state index contributed by atoms with van der Waals surface area (Å²) in [5.74, 6) is -0.499. The van der Waals surface area contributed by atoms with E-state index >= 15 is 0 Å². The zero-order chi connectivity index (χ0) is 20.1. The number of methoxy groups -OCH3 is 2. The number of Topliss-reactive ketones (excluding diaryl/α,β-unsaturated/α-hetero) is 1. The summed E-state index contributed by atoms with van der Waals surface area (Å²) < 4.78 is 15.6. The lowest BCUT2D eigenvalue weighted by molar-refractivity contribution is -0.141. The van der Waals surface area contributed by atoms with E-state index in [1.807, 2.05) is 30.3 Å². The second-order valence-electron chi connectivity index (χ2n) is 6.50. The van der Waals surface area contributed by atoms with E-state index < -0.39 is 17.9 Å². The molecular weight excluding hydrogens is 360 g/mol. The summed E-state index contributed by atoms with van der Waals surface area (Å²) >= 11 is 0. The zero-order valence-electron chi connectivity index (χ0n) is 15.8. The molecule has 6 nitrogen and oxygen atoms in total. The fraction of sp³-hybridized carbons (Fsp3) is 0.273. The van der Waals surface area contributed by atoms with E-state index in [2.05, 4.69) is 0 Å². The lowest BCUT2D eigenvalue weighted by Crippen LogP contribution is -2.14. The maximum atomic E-state index is 12.7. The number of cyclic esters (lactones) is 1. The Kier molecular flexibility index (Phi) is 5.99. The summed E-state index contributed by atoms with van der Waals surface area (Å²) in [6, 6.07) is 14.7. The van der Waals surface area contributed by atoms with Gasteiger partial charge in [0.25, 0.3) is 0 Å². The number of hydrogen-bond acceptors (Lipinski definition) is 6. The molecule has 0 spiro atoms. The normalized spacial score (nSPS) is 16.1. The minimum atomic E-state index is -0.800. The second kappa shape index (κ2) is 8.61. The van der Waals surface area contributed by atoms with Gasteiger partial charge in [0, 0.05) is 12.5 Å². The molecule has 1 aliphatic rings. The maximum Gasteiger partial charge on any atom is 0.346 e. The highest BCUT2D eigenvalue weighted by Crippen LogP contribution is 2.28. The van der Waals surface area contributed by atoms with Crippen LogP contribution in [0.5, 0.6) is 11.5 Å². The van der Waals surface area contributed by atoms with Gasteiger partial charge < -0.3 is 19.3 Å². The number of benzene rings is 2. The smallest absolute Gasteiger partial charge is 0.346 e. The first-order valence-electron chi connectivity index (χ1n) is 8.95. The standard InChI is InChI=1S/C22H22O6/c1-26-16-10-15(11-17(13-16)27-2)12-18(23)20-21(24)19(28-22(20)25)9-8-14-6-4-3-5-7-14/h3-7,10-11,13,19,24H,8-9,12H2,1-2H3. The molecule has 0 aromatic heterocycles. The molecule has 146 valence electrons. The molecule has 6 heteroatoms. The molecule has 3 rings (SSSR count). The number of ether oxygens (including phenoxy) is 3. The van der Waals surface area contributed by atoms with Gasteiger partial charge in [0.15, 0.2) is 17.6 Å². The van der Waals surface area contributed by atoms with Gasteiger partial charge in [-0.05, 0) is 36.1 Å². The minimum Gasteiger partial charge on any atom is -0.507 e. The quantitative estimate of drug-likeness (QED) is 0.558. The minimum absolute atomic E-state index is 0.0759. The summed E-state index contributed by atoms with van der Waals surface area (Å²) in [6.45, 7) is 0. The number of carbonyl (C=O) groups excluding carboxylic acids is 2. The van der Waals surface area contributed by atoms with Crippen molar-refractivity contribution >= 4 is 11.8 Å². The van der Waals surface area contributed by atoms with Crippen LogP contribution < -0.4 is 9.47 Å². The Balaban J connectivity index is 1.73. The summed E-state index contributed by atoms with van der Waals surface area (Å²) in [7, 11) is 3.03. The van der Waals surface area contributed by atoms with Crippen LogP contribution in [0.3, 0.4) is 0 Å². The third-order valence-electron chi connectivity index (χ3n) is 4.61. The van der Waals surface area contributed by atoms with Crippen molar-refractivity contribution in [1.29, 1.82) is 0 Å². The lowest BCUT2D eigenvalue weighted by atomic mass is 10.00. The Hall–Kier alpha value is -3.28. The van der Waals surface area contributed by atoms with Gasteiger partial charge in [0.1, 0.15) is 17.1 Å². The molecule has 0 saturated carbocycles. The molecule has 0 fully saturated rings. The topological polar surface area (TPSA) is 82.1 Å². The van der Waals surface area contributed by atoms with Gasteiger partial charge in [-0.15, -0.1) is 0 Å². The largest absolute Gasteiger partial charge is 0.507 e. The van der Waals surface area contributed by atoms with Crippen LogP contribution in [0.4, 0.5) is 0 Å². The summed E-state index contributed by atoms with van der Waals surface area (Å²) in [4.78, 5) is 24.8. The number of carbonyl (C=O) groups is 2. The van der Waals surface area contributed by atoms with E-state index in [1.165, 1.54) is 14.2 Å². The Labute approximate surface area is 163 Å². The van der Waals surface area contributed by atoms with Crippen molar-refractivity contribution < 1.29 is 28.9 Å². The number of aliphatic hydroxyl groups is 1. The van der Waals surface area contributed by atoms with Crippen LogP contribution in [0.1, 0.15) is 17.5 Å². The summed E-state index contributed by atoms with van der Waals surface area (Å²) in [5, 5.41) is 10.4. The van der Waals surface area contributed by atoms with Gasteiger partial charge in [-0.3, -0.25) is 4.79 Å². The second-order valence-corrected chi connectivity index (χ2v) is 6.50. The molecule has 1 N–H and O–H groups in total. The Morgan fingerprint density at radius 3 is 2.29 bits per heavy atom. The van der Waals surface area contributed by atoms with Crippen LogP contribution in [0.15, 0.2) is 59.9 Å². The van der Waals surface area contributed by atoms with Crippen LogP contribution >= 0.6 is 0 Å². The molecule has 28 heavy (non-hydrogen) atoms. The lowest BCUT2D eigenvalue weighted by Gasteiger charge is -2.09. The molecule has 0 saturated heterocycles. The molecule has 1 aliphatic heterocycles. The molecular formula is C22H22O6. The fourth-order valence-electron chi connectivity index (χ4n) is 3.15. The molecule has 2 aromatic carbocycles. The van der Waals surface area contributed by atoms with Gasteiger partial charge in [-0.25, -0.2) is 4.79 Å². The predicted octanol–water partition coefficient (Wildman–Crippen LogP) is 3.19. The summed E-state index contributed by atoms with van der Waals surface area (Å²) in [5.41, 5.74) is 1.40. The van der Waals surface area contributed by atoms with Gasteiger partial charge >= 0.3 is 5.97 Å². The van der Waals surface area contributed by atoms with Crippen LogP contribution in [-0.4, -0.2) is 37.2 Å². The van der Waals surface area contributed by atoms with Crippen LogP contribution in [-0.2, 0) is 27.2 Å². The number of ketones is 1. The first-order chi connectivity index (χ1) is 13.5. The SMILES string of the molecule is COc1cc(CC(=O)C2=C(O)C(CCc3ccccc3)OC2=O)cc(OC)c1. The fourth-order valence-corrected chi connectivity index (χ4v) is 3.15. The highest BCUT2D eigenvalue weighted by Gasteiger charge is 2.37. The van der Waals surface area contributed by atoms with E-state index in [-0.39, 0.29) is 17.8 Å². The van der Waals surface area contributed by atoms with Gasteiger partial charge in [-0.1, -0.05) is 30.3 Å². The third kappa shape index (κ3) is 4.34. The number of esters is 1. The molecule has 1 unspecified atom stereocenters. The highest BCUT2D eigenvalue weighted by atomic mass is 16.6.